The van der Waals surface area contributed by atoms with Crippen LogP contribution < -0.4 is 5.32 Å². The highest BCUT2D eigenvalue weighted by molar-refractivity contribution is 6.18. The second kappa shape index (κ2) is 7.37. The number of piperidine rings is 1. The molecule has 0 aliphatic carbocycles. The van der Waals surface area contributed by atoms with Gasteiger partial charge in [0.05, 0.1) is 5.88 Å². The minimum atomic E-state index is -0.314. The van der Waals surface area contributed by atoms with E-state index in [0.717, 1.165) is 12.8 Å². The fourth-order valence-corrected chi connectivity index (χ4v) is 1.83. The van der Waals surface area contributed by atoms with E-state index in [4.69, 9.17) is 16.3 Å². The maximum Gasteiger partial charge on any atom is 0.409 e. The van der Waals surface area contributed by atoms with Gasteiger partial charge in [-0.15, -0.1) is 11.6 Å². The number of nitrogens with zero attached hydrogens (tertiary/aromatic N) is 1. The Balaban J connectivity index is 2.25. The van der Waals surface area contributed by atoms with Gasteiger partial charge in [0.1, 0.15) is 6.61 Å². The van der Waals surface area contributed by atoms with Crippen LogP contribution in [0.3, 0.4) is 0 Å². The van der Waals surface area contributed by atoms with E-state index in [2.05, 4.69) is 5.32 Å². The van der Waals surface area contributed by atoms with Gasteiger partial charge in [-0.1, -0.05) is 6.92 Å². The van der Waals surface area contributed by atoms with Gasteiger partial charge in [-0.2, -0.15) is 0 Å². The van der Waals surface area contributed by atoms with Crippen molar-refractivity contribution in [1.29, 1.82) is 0 Å². The van der Waals surface area contributed by atoms with Gasteiger partial charge in [0.15, 0.2) is 0 Å². The Bertz CT molecular complexity index is 265. The summed E-state index contributed by atoms with van der Waals surface area (Å²) in [7, 11) is 0. The molecular weight excluding hydrogens is 244 g/mol. The molecule has 1 aliphatic heterocycles. The van der Waals surface area contributed by atoms with Crippen LogP contribution >= 0.6 is 11.6 Å². The summed E-state index contributed by atoms with van der Waals surface area (Å²) in [6, 6.07) is 0.180. The summed E-state index contributed by atoms with van der Waals surface area (Å²) < 4.78 is 4.94. The maximum atomic E-state index is 11.5. The molecule has 0 unspecified atom stereocenters. The van der Waals surface area contributed by atoms with Crippen LogP contribution in [-0.2, 0) is 9.53 Å². The fourth-order valence-electron chi connectivity index (χ4n) is 1.75. The first-order chi connectivity index (χ1) is 8.17. The molecule has 17 heavy (non-hydrogen) atoms. The zero-order valence-corrected chi connectivity index (χ0v) is 10.8. The van der Waals surface area contributed by atoms with E-state index in [9.17, 15) is 9.59 Å². The minimum Gasteiger partial charge on any atom is -0.448 e. The summed E-state index contributed by atoms with van der Waals surface area (Å²) in [4.78, 5) is 24.4. The Morgan fingerprint density at radius 1 is 1.41 bits per heavy atom. The van der Waals surface area contributed by atoms with Gasteiger partial charge in [0, 0.05) is 25.6 Å². The maximum absolute atomic E-state index is 11.5. The second-order valence-electron chi connectivity index (χ2n) is 3.99. The largest absolute Gasteiger partial charge is 0.448 e. The number of alkyl halides is 1. The van der Waals surface area contributed by atoms with Crippen LogP contribution in [0.1, 0.15) is 26.2 Å². The summed E-state index contributed by atoms with van der Waals surface area (Å²) in [6.07, 6.45) is 1.74. The third kappa shape index (κ3) is 4.81. The highest BCUT2D eigenvalue weighted by Crippen LogP contribution is 2.11. The fraction of sp³-hybridized carbons (Fsp3) is 0.818. The van der Waals surface area contributed by atoms with Gasteiger partial charge in [0.2, 0.25) is 5.91 Å². The number of carbonyl (C=O) groups excluding carboxylic acids is 2. The highest BCUT2D eigenvalue weighted by atomic mass is 35.5. The number of hydrogen-bond acceptors (Lipinski definition) is 3. The first-order valence-corrected chi connectivity index (χ1v) is 6.47. The normalized spacial score (nSPS) is 16.7. The lowest BCUT2D eigenvalue weighted by Gasteiger charge is -2.31. The van der Waals surface area contributed by atoms with Crippen LogP contribution in [0.2, 0.25) is 0 Å². The quantitative estimate of drug-likeness (QED) is 0.778. The van der Waals surface area contributed by atoms with Gasteiger partial charge in [-0.05, 0) is 12.8 Å². The van der Waals surface area contributed by atoms with Crippen LogP contribution in [0.4, 0.5) is 4.79 Å². The molecule has 1 fully saturated rings. The van der Waals surface area contributed by atoms with E-state index in [-0.39, 0.29) is 24.6 Å². The summed E-state index contributed by atoms with van der Waals surface area (Å²) in [5.41, 5.74) is 0. The van der Waals surface area contributed by atoms with Gasteiger partial charge in [-0.25, -0.2) is 4.79 Å². The average molecular weight is 263 g/mol. The average Bonchev–Trinajstić information content (AvgIpc) is 2.36. The van der Waals surface area contributed by atoms with Gasteiger partial charge < -0.3 is 15.0 Å². The molecule has 6 heteroatoms. The molecule has 0 aromatic carbocycles. The van der Waals surface area contributed by atoms with Crippen molar-refractivity contribution in [3.05, 3.63) is 0 Å². The van der Waals surface area contributed by atoms with E-state index in [0.29, 0.717) is 25.4 Å². The monoisotopic (exact) mass is 262 g/mol. The highest BCUT2D eigenvalue weighted by Gasteiger charge is 2.24. The minimum absolute atomic E-state index is 0.0631. The Morgan fingerprint density at radius 2 is 2.06 bits per heavy atom. The Kier molecular flexibility index (Phi) is 6.11. The van der Waals surface area contributed by atoms with E-state index >= 15 is 0 Å². The molecule has 98 valence electrons. The summed E-state index contributed by atoms with van der Waals surface area (Å²) in [5, 5.41) is 2.93. The van der Waals surface area contributed by atoms with E-state index in [1.54, 1.807) is 4.90 Å². The van der Waals surface area contributed by atoms with Crippen molar-refractivity contribution in [2.75, 3.05) is 25.6 Å². The third-order valence-corrected chi connectivity index (χ3v) is 2.90. The summed E-state index contributed by atoms with van der Waals surface area (Å²) in [5.74, 6) is 0.377. The van der Waals surface area contributed by atoms with E-state index in [1.807, 2.05) is 6.92 Å². The first-order valence-electron chi connectivity index (χ1n) is 5.94. The van der Waals surface area contributed by atoms with Crippen molar-refractivity contribution < 1.29 is 14.3 Å². The predicted octanol–water partition coefficient (Wildman–Crippen LogP) is 1.35. The molecule has 5 nitrogen and oxygen atoms in total. The molecule has 0 bridgehead atoms. The molecule has 1 N–H and O–H groups in total. The Morgan fingerprint density at radius 3 is 2.59 bits per heavy atom. The topological polar surface area (TPSA) is 58.6 Å². The van der Waals surface area contributed by atoms with Crippen molar-refractivity contribution in [1.82, 2.24) is 10.2 Å². The van der Waals surface area contributed by atoms with E-state index < -0.39 is 0 Å². The first kappa shape index (κ1) is 14.1. The second-order valence-corrected chi connectivity index (χ2v) is 4.36. The number of rotatable bonds is 4. The van der Waals surface area contributed by atoms with Crippen LogP contribution in [0.25, 0.3) is 0 Å². The van der Waals surface area contributed by atoms with Crippen LogP contribution in [0, 0.1) is 0 Å². The Labute approximate surface area is 106 Å². The lowest BCUT2D eigenvalue weighted by atomic mass is 10.1. The zero-order valence-electron chi connectivity index (χ0n) is 10.1. The van der Waals surface area contributed by atoms with E-state index in [1.165, 1.54) is 0 Å². The number of ether oxygens (including phenoxy) is 1. The molecule has 0 aromatic rings. The van der Waals surface area contributed by atoms with Crippen molar-refractivity contribution in [2.45, 2.75) is 32.2 Å². The SMILES string of the molecule is CCC(=O)NC1CCN(C(=O)OCCCl)CC1. The smallest absolute Gasteiger partial charge is 0.409 e. The van der Waals surface area contributed by atoms with Gasteiger partial charge >= 0.3 is 6.09 Å². The molecule has 1 heterocycles. The molecule has 1 aliphatic rings. The molecule has 0 saturated carbocycles. The molecule has 0 aromatic heterocycles. The van der Waals surface area contributed by atoms with Crippen molar-refractivity contribution in [2.24, 2.45) is 0 Å². The molecule has 1 rings (SSSR count). The standard InChI is InChI=1S/C11H19ClN2O3/c1-2-10(15)13-9-3-6-14(7-4-9)11(16)17-8-5-12/h9H,2-8H2,1H3,(H,13,15). The van der Waals surface area contributed by atoms with Crippen LogP contribution in [-0.4, -0.2) is 48.5 Å². The number of carbonyl (C=O) groups is 2. The van der Waals surface area contributed by atoms with Gasteiger partial charge in [0.25, 0.3) is 0 Å². The lowest BCUT2D eigenvalue weighted by molar-refractivity contribution is -0.121. The van der Waals surface area contributed by atoms with Crippen molar-refractivity contribution in [3.63, 3.8) is 0 Å². The number of nitrogens with one attached hydrogen (secondary N) is 1. The summed E-state index contributed by atoms with van der Waals surface area (Å²) in [6.45, 7) is 3.31. The van der Waals surface area contributed by atoms with Crippen LogP contribution in [0.5, 0.6) is 0 Å². The number of likely N-dealkylation sites (tertiary alicyclic amines) is 1. The van der Waals surface area contributed by atoms with Crippen molar-refractivity contribution in [3.8, 4) is 0 Å². The third-order valence-electron chi connectivity index (χ3n) is 2.74. The number of hydrogen-bond donors (Lipinski definition) is 1. The van der Waals surface area contributed by atoms with Crippen molar-refractivity contribution >= 4 is 23.6 Å². The van der Waals surface area contributed by atoms with Crippen LogP contribution in [0.15, 0.2) is 0 Å². The predicted molar refractivity (Wildman–Crippen MR) is 65.1 cm³/mol. The lowest BCUT2D eigenvalue weighted by Crippen LogP contribution is -2.46. The molecule has 0 spiro atoms. The molecule has 0 atom stereocenters. The van der Waals surface area contributed by atoms with Gasteiger partial charge in [-0.3, -0.25) is 4.79 Å². The molecule has 1 saturated heterocycles. The summed E-state index contributed by atoms with van der Waals surface area (Å²) >= 11 is 5.44. The molecule has 2 amide bonds. The molecular formula is C11H19ClN2O3. The molecule has 0 radical (unpaired) electrons. The number of amides is 2. The zero-order chi connectivity index (χ0) is 12.7. The number of halogens is 1. The Hall–Kier alpha value is -0.970.